The van der Waals surface area contributed by atoms with Crippen LogP contribution in [0.15, 0.2) is 33.5 Å². The fraction of sp³-hybridized carbons (Fsp3) is 0.111. The molecule has 0 saturated carbocycles. The quantitative estimate of drug-likeness (QED) is 0.376. The predicted molar refractivity (Wildman–Crippen MR) is 108 cm³/mol. The monoisotopic (exact) mass is 445 g/mol. The summed E-state index contributed by atoms with van der Waals surface area (Å²) in [6.07, 6.45) is 1.45. The van der Waals surface area contributed by atoms with Gasteiger partial charge in [0.05, 0.1) is 20.5 Å². The molecule has 27 heavy (non-hydrogen) atoms. The lowest BCUT2D eigenvalue weighted by atomic mass is 10.1. The Kier molecular flexibility index (Phi) is 4.01. The number of nitro groups is 1. The van der Waals surface area contributed by atoms with Crippen molar-refractivity contribution < 1.29 is 10.0 Å². The van der Waals surface area contributed by atoms with Crippen LogP contribution in [0, 0.1) is 24.0 Å². The second-order valence-corrected chi connectivity index (χ2v) is 8.12. The van der Waals surface area contributed by atoms with Crippen molar-refractivity contribution in [1.82, 2.24) is 9.38 Å². The molecule has 7 nitrogen and oxygen atoms in total. The van der Waals surface area contributed by atoms with Gasteiger partial charge in [0.15, 0.2) is 4.96 Å². The molecular formula is C18H12BrN3O4S. The Hall–Kier alpha value is -2.78. The third-order valence-corrected chi connectivity index (χ3v) is 5.85. The van der Waals surface area contributed by atoms with E-state index in [1.807, 2.05) is 26.0 Å². The molecule has 4 aromatic rings. The number of aromatic nitrogens is 2. The highest BCUT2D eigenvalue weighted by atomic mass is 79.9. The summed E-state index contributed by atoms with van der Waals surface area (Å²) in [5, 5.41) is 21.3. The van der Waals surface area contributed by atoms with Gasteiger partial charge in [-0.1, -0.05) is 27.3 Å². The Morgan fingerprint density at radius 3 is 2.67 bits per heavy atom. The molecule has 1 N–H and O–H groups in total. The Bertz CT molecular complexity index is 1370. The molecule has 0 saturated heterocycles. The number of halogens is 1. The Labute approximate surface area is 164 Å². The van der Waals surface area contributed by atoms with Crippen LogP contribution < -0.4 is 10.1 Å². The zero-order chi connectivity index (χ0) is 19.5. The molecule has 2 heterocycles. The van der Waals surface area contributed by atoms with Crippen molar-refractivity contribution in [2.45, 2.75) is 13.8 Å². The first-order chi connectivity index (χ1) is 12.8. The SMILES string of the molecule is Cc1cc2nc3s/c(=C\c4cc(Br)cc([N+](=O)[O-])c4O)c(=O)n3c2cc1C. The smallest absolute Gasteiger partial charge is 0.312 e. The predicted octanol–water partition coefficient (Wildman–Crippen LogP) is 3.45. The maximum absolute atomic E-state index is 12.9. The number of aryl methyl sites for hydroxylation is 2. The van der Waals surface area contributed by atoms with E-state index in [9.17, 15) is 20.0 Å². The topological polar surface area (TPSA) is 97.7 Å². The van der Waals surface area contributed by atoms with E-state index >= 15 is 0 Å². The van der Waals surface area contributed by atoms with Crippen molar-refractivity contribution >= 4 is 55.0 Å². The first-order valence-corrected chi connectivity index (χ1v) is 9.48. The standard InChI is InChI=1S/C18H12BrN3O4S/c1-8-3-12-13(4-9(8)2)21-17(24)15(27-18(21)20-12)6-10-5-11(19)7-14(16(10)23)22(25)26/h3-7,23H,1-2H3/b15-6-. The summed E-state index contributed by atoms with van der Waals surface area (Å²) in [5.41, 5.74) is 3.10. The van der Waals surface area contributed by atoms with Crippen LogP contribution in [-0.2, 0) is 0 Å². The molecule has 0 aliphatic carbocycles. The number of benzene rings is 2. The molecule has 4 rings (SSSR count). The number of phenols is 1. The van der Waals surface area contributed by atoms with Crippen LogP contribution in [0.25, 0.3) is 22.1 Å². The van der Waals surface area contributed by atoms with Crippen LogP contribution in [0.1, 0.15) is 16.7 Å². The third kappa shape index (κ3) is 2.79. The zero-order valence-corrected chi connectivity index (χ0v) is 16.6. The maximum atomic E-state index is 12.9. The summed E-state index contributed by atoms with van der Waals surface area (Å²) >= 11 is 4.37. The number of rotatable bonds is 2. The summed E-state index contributed by atoms with van der Waals surface area (Å²) in [7, 11) is 0. The van der Waals surface area contributed by atoms with Gasteiger partial charge < -0.3 is 5.11 Å². The van der Waals surface area contributed by atoms with Crippen LogP contribution in [0.4, 0.5) is 5.69 Å². The molecule has 9 heteroatoms. The molecule has 136 valence electrons. The summed E-state index contributed by atoms with van der Waals surface area (Å²) in [6, 6.07) is 6.60. The molecule has 2 aromatic carbocycles. The molecule has 0 aliphatic heterocycles. The molecule has 0 bridgehead atoms. The molecule has 0 atom stereocenters. The van der Waals surface area contributed by atoms with Crippen LogP contribution in [0.2, 0.25) is 0 Å². The Morgan fingerprint density at radius 1 is 1.26 bits per heavy atom. The summed E-state index contributed by atoms with van der Waals surface area (Å²) < 4.78 is 2.30. The number of phenolic OH excluding ortho intramolecular Hbond substituents is 1. The van der Waals surface area contributed by atoms with Crippen molar-refractivity contribution in [2.75, 3.05) is 0 Å². The van der Waals surface area contributed by atoms with E-state index in [0.717, 1.165) is 22.2 Å². The lowest BCUT2D eigenvalue weighted by molar-refractivity contribution is -0.385. The highest BCUT2D eigenvalue weighted by molar-refractivity contribution is 9.10. The first-order valence-electron chi connectivity index (χ1n) is 7.87. The number of nitro benzene ring substituents is 1. The number of hydrogen-bond donors (Lipinski definition) is 1. The van der Waals surface area contributed by atoms with Crippen molar-refractivity contribution in [3.8, 4) is 5.75 Å². The highest BCUT2D eigenvalue weighted by Gasteiger charge is 2.18. The molecule has 0 unspecified atom stereocenters. The van der Waals surface area contributed by atoms with Crippen molar-refractivity contribution in [3.63, 3.8) is 0 Å². The second-order valence-electron chi connectivity index (χ2n) is 6.19. The van der Waals surface area contributed by atoms with Gasteiger partial charge in [0.2, 0.25) is 5.75 Å². The highest BCUT2D eigenvalue weighted by Crippen LogP contribution is 2.33. The fourth-order valence-corrected chi connectivity index (χ4v) is 4.36. The average Bonchev–Trinajstić information content (AvgIpc) is 3.07. The molecule has 0 fully saturated rings. The molecule has 0 aliphatic rings. The number of imidazole rings is 1. The minimum atomic E-state index is -0.671. The van der Waals surface area contributed by atoms with Gasteiger partial charge in [-0.05, 0) is 49.2 Å². The second kappa shape index (κ2) is 6.14. The van der Waals surface area contributed by atoms with E-state index in [1.165, 1.54) is 33.9 Å². The number of fused-ring (bicyclic) bond motifs is 3. The number of nitrogens with zero attached hydrogens (tertiary/aromatic N) is 3. The number of hydrogen-bond acceptors (Lipinski definition) is 6. The first kappa shape index (κ1) is 17.6. The molecule has 2 aromatic heterocycles. The lowest BCUT2D eigenvalue weighted by Crippen LogP contribution is -2.22. The molecule has 0 radical (unpaired) electrons. The molecule has 0 spiro atoms. The minimum absolute atomic E-state index is 0.189. The minimum Gasteiger partial charge on any atom is -0.502 e. The van der Waals surface area contributed by atoms with Crippen molar-refractivity contribution in [3.05, 3.63) is 70.4 Å². The number of thiazole rings is 1. The van der Waals surface area contributed by atoms with Gasteiger partial charge in [-0.3, -0.25) is 14.9 Å². The van der Waals surface area contributed by atoms with E-state index in [-0.39, 0.29) is 11.1 Å². The molecule has 0 amide bonds. The van der Waals surface area contributed by atoms with E-state index < -0.39 is 16.4 Å². The van der Waals surface area contributed by atoms with Crippen molar-refractivity contribution in [2.24, 2.45) is 0 Å². The van der Waals surface area contributed by atoms with Crippen LogP contribution in [-0.4, -0.2) is 19.4 Å². The summed E-state index contributed by atoms with van der Waals surface area (Å²) in [6.45, 7) is 3.96. The van der Waals surface area contributed by atoms with E-state index in [2.05, 4.69) is 20.9 Å². The van der Waals surface area contributed by atoms with E-state index in [4.69, 9.17) is 0 Å². The van der Waals surface area contributed by atoms with Gasteiger partial charge in [-0.15, -0.1) is 0 Å². The van der Waals surface area contributed by atoms with Crippen LogP contribution in [0.5, 0.6) is 5.75 Å². The van der Waals surface area contributed by atoms with Gasteiger partial charge in [0, 0.05) is 16.1 Å². The Morgan fingerprint density at radius 2 is 1.96 bits per heavy atom. The normalized spacial score (nSPS) is 12.3. The van der Waals surface area contributed by atoms with Gasteiger partial charge in [0.25, 0.3) is 5.56 Å². The van der Waals surface area contributed by atoms with Crippen molar-refractivity contribution in [1.29, 1.82) is 0 Å². The maximum Gasteiger partial charge on any atom is 0.312 e. The van der Waals surface area contributed by atoms with Gasteiger partial charge in [0.1, 0.15) is 0 Å². The lowest BCUT2D eigenvalue weighted by Gasteiger charge is -2.01. The van der Waals surface area contributed by atoms with E-state index in [0.29, 0.717) is 14.0 Å². The number of aromatic hydroxyl groups is 1. The third-order valence-electron chi connectivity index (χ3n) is 4.42. The average molecular weight is 446 g/mol. The van der Waals surface area contributed by atoms with Gasteiger partial charge in [-0.2, -0.15) is 0 Å². The zero-order valence-electron chi connectivity index (χ0n) is 14.2. The van der Waals surface area contributed by atoms with Crippen LogP contribution in [0.3, 0.4) is 0 Å². The van der Waals surface area contributed by atoms with Gasteiger partial charge >= 0.3 is 5.69 Å². The molecular weight excluding hydrogens is 434 g/mol. The van der Waals surface area contributed by atoms with E-state index in [1.54, 1.807) is 0 Å². The summed E-state index contributed by atoms with van der Waals surface area (Å²) in [4.78, 5) is 28.4. The van der Waals surface area contributed by atoms with Crippen LogP contribution >= 0.6 is 27.3 Å². The Balaban J connectivity index is 2.01. The fourth-order valence-electron chi connectivity index (χ4n) is 2.91. The largest absolute Gasteiger partial charge is 0.502 e. The summed E-state index contributed by atoms with van der Waals surface area (Å²) in [5.74, 6) is -0.482. The van der Waals surface area contributed by atoms with Gasteiger partial charge in [-0.25, -0.2) is 9.38 Å².